The lowest BCUT2D eigenvalue weighted by molar-refractivity contribution is 0.248. The van der Waals surface area contributed by atoms with Crippen LogP contribution in [0.25, 0.3) is 0 Å². The second-order valence-corrected chi connectivity index (χ2v) is 6.75. The number of benzene rings is 1. The molecule has 0 bridgehead atoms. The summed E-state index contributed by atoms with van der Waals surface area (Å²) in [5.41, 5.74) is 1.22. The van der Waals surface area contributed by atoms with Gasteiger partial charge in [0.2, 0.25) is 0 Å². The van der Waals surface area contributed by atoms with Crippen LogP contribution in [-0.4, -0.2) is 42.6 Å². The smallest absolute Gasteiger partial charge is 0.0453 e. The summed E-state index contributed by atoms with van der Waals surface area (Å²) < 4.78 is 0. The summed E-state index contributed by atoms with van der Waals surface area (Å²) in [4.78, 5) is 2.39. The third-order valence-corrected chi connectivity index (χ3v) is 5.32. The van der Waals surface area contributed by atoms with E-state index in [1.54, 1.807) is 0 Å². The number of thioether (sulfide) groups is 1. The van der Waals surface area contributed by atoms with Crippen molar-refractivity contribution in [1.29, 1.82) is 0 Å². The minimum atomic E-state index is 0.366. The molecular weight excluding hydrogens is 276 g/mol. The van der Waals surface area contributed by atoms with Crippen molar-refractivity contribution in [2.24, 2.45) is 0 Å². The molecule has 0 aliphatic carbocycles. The zero-order valence-corrected chi connectivity index (χ0v) is 13.3. The van der Waals surface area contributed by atoms with E-state index in [-0.39, 0.29) is 0 Å². The van der Waals surface area contributed by atoms with Crippen molar-refractivity contribution in [3.8, 4) is 0 Å². The van der Waals surface area contributed by atoms with E-state index in [9.17, 15) is 0 Å². The molecule has 2 nitrogen and oxygen atoms in total. The van der Waals surface area contributed by atoms with Crippen LogP contribution in [0.4, 0.5) is 0 Å². The van der Waals surface area contributed by atoms with Crippen LogP contribution in [0.5, 0.6) is 0 Å². The van der Waals surface area contributed by atoms with Crippen molar-refractivity contribution >= 4 is 23.4 Å². The lowest BCUT2D eigenvalue weighted by Crippen LogP contribution is -2.40. The molecule has 2 unspecified atom stereocenters. The molecule has 0 aromatic heterocycles. The quantitative estimate of drug-likeness (QED) is 0.896. The number of nitrogens with zero attached hydrogens (tertiary/aromatic N) is 1. The summed E-state index contributed by atoms with van der Waals surface area (Å²) in [7, 11) is 2.18. The highest BCUT2D eigenvalue weighted by molar-refractivity contribution is 7.99. The number of hydrogen-bond acceptors (Lipinski definition) is 3. The molecule has 1 aromatic rings. The van der Waals surface area contributed by atoms with Gasteiger partial charge in [-0.15, -0.1) is 0 Å². The Labute approximate surface area is 125 Å². The average molecular weight is 299 g/mol. The van der Waals surface area contributed by atoms with Gasteiger partial charge in [-0.3, -0.25) is 4.90 Å². The Morgan fingerprint density at radius 1 is 1.47 bits per heavy atom. The fourth-order valence-corrected chi connectivity index (χ4v) is 3.70. The molecule has 106 valence electrons. The standard InChI is InChI=1S/C15H23ClN2S/c1-12(14-5-3-4-6-15(14)16)18(2)9-7-13-11-19-10-8-17-13/h3-6,12-13,17H,7-11H2,1-2H3. The average Bonchev–Trinajstić information content (AvgIpc) is 2.45. The van der Waals surface area contributed by atoms with Gasteiger partial charge in [0.1, 0.15) is 0 Å². The number of hydrogen-bond donors (Lipinski definition) is 1. The third kappa shape index (κ3) is 4.38. The maximum Gasteiger partial charge on any atom is 0.0453 e. The van der Waals surface area contributed by atoms with Crippen LogP contribution in [0.15, 0.2) is 24.3 Å². The van der Waals surface area contributed by atoms with Crippen LogP contribution in [0, 0.1) is 0 Å². The van der Waals surface area contributed by atoms with Crippen molar-refractivity contribution in [1.82, 2.24) is 10.2 Å². The Bertz CT molecular complexity index is 393. The lowest BCUT2D eigenvalue weighted by atomic mass is 10.1. The van der Waals surface area contributed by atoms with E-state index in [0.29, 0.717) is 12.1 Å². The van der Waals surface area contributed by atoms with Crippen molar-refractivity contribution in [2.75, 3.05) is 31.6 Å². The Kier molecular flexibility index (Phi) is 6.02. The summed E-state index contributed by atoms with van der Waals surface area (Å²) in [6.07, 6.45) is 1.21. The van der Waals surface area contributed by atoms with Gasteiger partial charge in [-0.05, 0) is 38.6 Å². The minimum Gasteiger partial charge on any atom is -0.312 e. The highest BCUT2D eigenvalue weighted by atomic mass is 35.5. The Hall–Kier alpha value is -0.220. The van der Waals surface area contributed by atoms with E-state index in [0.717, 1.165) is 18.1 Å². The van der Waals surface area contributed by atoms with Gasteiger partial charge in [0.05, 0.1) is 0 Å². The zero-order chi connectivity index (χ0) is 13.7. The molecule has 0 spiro atoms. The van der Waals surface area contributed by atoms with E-state index in [1.807, 2.05) is 12.1 Å². The van der Waals surface area contributed by atoms with E-state index >= 15 is 0 Å². The monoisotopic (exact) mass is 298 g/mol. The number of nitrogens with one attached hydrogen (secondary N) is 1. The minimum absolute atomic E-state index is 0.366. The number of rotatable bonds is 5. The van der Waals surface area contributed by atoms with Crippen molar-refractivity contribution in [3.05, 3.63) is 34.9 Å². The predicted molar refractivity (Wildman–Crippen MR) is 86.2 cm³/mol. The van der Waals surface area contributed by atoms with E-state index in [1.165, 1.54) is 23.5 Å². The van der Waals surface area contributed by atoms with Gasteiger partial charge >= 0.3 is 0 Å². The molecule has 1 aliphatic rings. The highest BCUT2D eigenvalue weighted by Crippen LogP contribution is 2.26. The van der Waals surface area contributed by atoms with Gasteiger partial charge in [0.15, 0.2) is 0 Å². The summed E-state index contributed by atoms with van der Waals surface area (Å²) in [5.74, 6) is 2.50. The van der Waals surface area contributed by atoms with Crippen LogP contribution in [0.2, 0.25) is 5.02 Å². The lowest BCUT2D eigenvalue weighted by Gasteiger charge is -2.29. The van der Waals surface area contributed by atoms with Gasteiger partial charge in [-0.25, -0.2) is 0 Å². The molecule has 1 N–H and O–H groups in total. The third-order valence-electron chi connectivity index (χ3n) is 3.85. The molecule has 2 atom stereocenters. The number of halogens is 1. The largest absolute Gasteiger partial charge is 0.312 e. The Morgan fingerprint density at radius 2 is 2.26 bits per heavy atom. The van der Waals surface area contributed by atoms with Gasteiger partial charge in [0, 0.05) is 35.2 Å². The first-order valence-corrected chi connectivity index (χ1v) is 8.47. The first-order chi connectivity index (χ1) is 9.18. The van der Waals surface area contributed by atoms with E-state index in [2.05, 4.69) is 48.1 Å². The van der Waals surface area contributed by atoms with Gasteiger partial charge < -0.3 is 5.32 Å². The first kappa shape index (κ1) is 15.2. The summed E-state index contributed by atoms with van der Waals surface area (Å²) >= 11 is 8.33. The summed E-state index contributed by atoms with van der Waals surface area (Å²) in [5, 5.41) is 4.46. The molecule has 1 aromatic carbocycles. The van der Waals surface area contributed by atoms with Gasteiger partial charge in [-0.2, -0.15) is 11.8 Å². The molecule has 1 heterocycles. The van der Waals surface area contributed by atoms with Crippen molar-refractivity contribution < 1.29 is 0 Å². The van der Waals surface area contributed by atoms with Crippen LogP contribution >= 0.6 is 23.4 Å². The molecule has 19 heavy (non-hydrogen) atoms. The zero-order valence-electron chi connectivity index (χ0n) is 11.7. The maximum atomic E-state index is 6.27. The molecule has 1 fully saturated rings. The van der Waals surface area contributed by atoms with Crippen LogP contribution in [0.1, 0.15) is 24.9 Å². The molecule has 0 amide bonds. The highest BCUT2D eigenvalue weighted by Gasteiger charge is 2.17. The Balaban J connectivity index is 1.85. The molecule has 0 radical (unpaired) electrons. The first-order valence-electron chi connectivity index (χ1n) is 6.94. The van der Waals surface area contributed by atoms with Crippen molar-refractivity contribution in [2.45, 2.75) is 25.4 Å². The molecule has 2 rings (SSSR count). The summed E-state index contributed by atoms with van der Waals surface area (Å²) in [6, 6.07) is 9.18. The molecule has 1 saturated heterocycles. The van der Waals surface area contributed by atoms with Crippen LogP contribution in [0.3, 0.4) is 0 Å². The van der Waals surface area contributed by atoms with Gasteiger partial charge in [0.25, 0.3) is 0 Å². The fourth-order valence-electron chi connectivity index (χ4n) is 2.41. The fraction of sp³-hybridized carbons (Fsp3) is 0.600. The molecule has 4 heteroatoms. The van der Waals surface area contributed by atoms with Crippen LogP contribution in [-0.2, 0) is 0 Å². The van der Waals surface area contributed by atoms with Gasteiger partial charge in [-0.1, -0.05) is 29.8 Å². The normalized spacial score (nSPS) is 21.6. The summed E-state index contributed by atoms with van der Waals surface area (Å²) in [6.45, 7) is 4.48. The second kappa shape index (κ2) is 7.53. The predicted octanol–water partition coefficient (Wildman–Crippen LogP) is 3.43. The SMILES string of the molecule is CC(c1ccccc1Cl)N(C)CCC1CSCCN1. The maximum absolute atomic E-state index is 6.27. The molecule has 1 aliphatic heterocycles. The molecular formula is C15H23ClN2S. The van der Waals surface area contributed by atoms with Crippen molar-refractivity contribution in [3.63, 3.8) is 0 Å². The Morgan fingerprint density at radius 3 is 2.95 bits per heavy atom. The van der Waals surface area contributed by atoms with E-state index in [4.69, 9.17) is 11.6 Å². The topological polar surface area (TPSA) is 15.3 Å². The van der Waals surface area contributed by atoms with Crippen LogP contribution < -0.4 is 5.32 Å². The second-order valence-electron chi connectivity index (χ2n) is 5.19. The molecule has 0 saturated carbocycles. The van der Waals surface area contributed by atoms with E-state index < -0.39 is 0 Å².